The lowest BCUT2D eigenvalue weighted by atomic mass is 10.2. The van der Waals surface area contributed by atoms with Gasteiger partial charge in [-0.05, 0) is 26.3 Å². The smallest absolute Gasteiger partial charge is 0.407 e. The van der Waals surface area contributed by atoms with Crippen molar-refractivity contribution in [3.05, 3.63) is 10.4 Å². The van der Waals surface area contributed by atoms with E-state index in [9.17, 15) is 4.79 Å². The Morgan fingerprint density at radius 3 is 2.64 bits per heavy atom. The molecule has 0 heterocycles. The first kappa shape index (κ1) is 20.1. The van der Waals surface area contributed by atoms with Gasteiger partial charge in [-0.1, -0.05) is 5.11 Å². The van der Waals surface area contributed by atoms with Crippen molar-refractivity contribution < 1.29 is 19.0 Å². The van der Waals surface area contributed by atoms with Crippen LogP contribution in [0.1, 0.15) is 27.2 Å². The number of alkyl carbamates (subject to hydrolysis) is 1. The Labute approximate surface area is 131 Å². The van der Waals surface area contributed by atoms with Crippen LogP contribution in [0.4, 0.5) is 4.79 Å². The molecule has 0 aliphatic heterocycles. The van der Waals surface area contributed by atoms with Crippen molar-refractivity contribution in [3.63, 3.8) is 0 Å². The molecule has 22 heavy (non-hydrogen) atoms. The van der Waals surface area contributed by atoms with E-state index in [1.54, 1.807) is 20.8 Å². The number of hydrogen-bond acceptors (Lipinski definition) is 5. The van der Waals surface area contributed by atoms with Gasteiger partial charge in [0.2, 0.25) is 0 Å². The summed E-state index contributed by atoms with van der Waals surface area (Å²) in [5.74, 6) is 2.48. The molecule has 124 valence electrons. The van der Waals surface area contributed by atoms with Gasteiger partial charge in [0.05, 0.1) is 32.5 Å². The third-order valence-corrected chi connectivity index (χ3v) is 2.18. The van der Waals surface area contributed by atoms with Gasteiger partial charge in [0.25, 0.3) is 0 Å². The summed E-state index contributed by atoms with van der Waals surface area (Å²) in [4.78, 5) is 14.3. The van der Waals surface area contributed by atoms with Crippen LogP contribution < -0.4 is 5.32 Å². The van der Waals surface area contributed by atoms with Crippen LogP contribution in [0.2, 0.25) is 0 Å². The highest BCUT2D eigenvalue weighted by Crippen LogP contribution is 2.07. The van der Waals surface area contributed by atoms with E-state index in [4.69, 9.17) is 26.2 Å². The Kier molecular flexibility index (Phi) is 10.7. The van der Waals surface area contributed by atoms with E-state index in [0.29, 0.717) is 26.2 Å². The molecule has 1 atom stereocenters. The van der Waals surface area contributed by atoms with Crippen molar-refractivity contribution in [1.29, 1.82) is 0 Å². The number of azide groups is 1. The highest BCUT2D eigenvalue weighted by Gasteiger charge is 2.19. The van der Waals surface area contributed by atoms with Crippen LogP contribution in [0.5, 0.6) is 0 Å². The minimum Gasteiger partial charge on any atom is -0.444 e. The predicted octanol–water partition coefficient (Wildman–Crippen LogP) is 2.25. The van der Waals surface area contributed by atoms with Gasteiger partial charge in [-0.2, -0.15) is 0 Å². The molecule has 1 N–H and O–H groups in total. The summed E-state index contributed by atoms with van der Waals surface area (Å²) in [5.41, 5.74) is 7.51. The van der Waals surface area contributed by atoms with Gasteiger partial charge in [-0.25, -0.2) is 4.79 Å². The summed E-state index contributed by atoms with van der Waals surface area (Å²) in [6, 6.07) is -0.317. The molecule has 0 aromatic rings. The fraction of sp³-hybridized carbons (Fsp3) is 0.786. The molecule has 0 spiro atoms. The van der Waals surface area contributed by atoms with Crippen molar-refractivity contribution in [2.75, 3.05) is 33.0 Å². The van der Waals surface area contributed by atoms with Crippen molar-refractivity contribution in [1.82, 2.24) is 5.32 Å². The number of rotatable bonds is 10. The highest BCUT2D eigenvalue weighted by atomic mass is 16.6. The molecule has 8 nitrogen and oxygen atoms in total. The molecular formula is C14H24N4O4. The second-order valence-corrected chi connectivity index (χ2v) is 5.39. The lowest BCUT2D eigenvalue weighted by molar-refractivity contribution is 0.0312. The first-order valence-electron chi connectivity index (χ1n) is 6.98. The first-order chi connectivity index (χ1) is 10.4. The van der Waals surface area contributed by atoms with E-state index in [0.717, 1.165) is 0 Å². The van der Waals surface area contributed by atoms with E-state index in [2.05, 4.69) is 21.3 Å². The number of nitrogens with zero attached hydrogens (tertiary/aromatic N) is 3. The number of carbonyl (C=O) groups is 1. The topological polar surface area (TPSA) is 106 Å². The molecule has 0 saturated carbocycles. The average Bonchev–Trinajstić information content (AvgIpc) is 2.39. The molecule has 0 unspecified atom stereocenters. The van der Waals surface area contributed by atoms with Crippen LogP contribution in [-0.4, -0.2) is 50.7 Å². The minimum atomic E-state index is -0.564. The second-order valence-electron chi connectivity index (χ2n) is 5.39. The number of ether oxygens (including phenoxy) is 3. The molecule has 0 bridgehead atoms. The number of nitrogens with one attached hydrogen (secondary N) is 1. The summed E-state index contributed by atoms with van der Waals surface area (Å²) < 4.78 is 15.7. The number of hydrogen-bond donors (Lipinski definition) is 1. The molecule has 0 fully saturated rings. The molecule has 0 saturated heterocycles. The molecule has 1 amide bonds. The molecule has 8 heteroatoms. The standard InChI is InChI=1S/C14H24N4O4/c1-5-6-12(17-13(19)22-14(2,3)4)11-21-10-9-20-8-7-16-18-15/h1,12H,6-11H2,2-4H3,(H,17,19)/t12-/m0/s1. The van der Waals surface area contributed by atoms with Crippen LogP contribution in [0.3, 0.4) is 0 Å². The van der Waals surface area contributed by atoms with E-state index in [1.807, 2.05) is 0 Å². The Bertz CT molecular complexity index is 408. The van der Waals surface area contributed by atoms with Gasteiger partial charge in [-0.15, -0.1) is 12.3 Å². The molecule has 0 aromatic heterocycles. The number of carbonyl (C=O) groups excluding carboxylic acids is 1. The predicted molar refractivity (Wildman–Crippen MR) is 82.3 cm³/mol. The number of amides is 1. The zero-order valence-corrected chi connectivity index (χ0v) is 13.4. The Hall–Kier alpha value is -1.94. The Morgan fingerprint density at radius 2 is 2.05 bits per heavy atom. The van der Waals surface area contributed by atoms with E-state index in [1.165, 1.54) is 0 Å². The molecule has 0 radical (unpaired) electrons. The number of terminal acetylenes is 1. The van der Waals surface area contributed by atoms with Gasteiger partial charge in [0.1, 0.15) is 5.60 Å². The van der Waals surface area contributed by atoms with Crippen molar-refractivity contribution >= 4 is 6.09 Å². The maximum Gasteiger partial charge on any atom is 0.407 e. The molecule has 0 aliphatic carbocycles. The average molecular weight is 312 g/mol. The summed E-state index contributed by atoms with van der Waals surface area (Å²) in [7, 11) is 0. The second kappa shape index (κ2) is 11.7. The van der Waals surface area contributed by atoms with Gasteiger partial charge >= 0.3 is 6.09 Å². The highest BCUT2D eigenvalue weighted by molar-refractivity contribution is 5.68. The normalized spacial score (nSPS) is 11.9. The zero-order chi connectivity index (χ0) is 16.8. The first-order valence-corrected chi connectivity index (χ1v) is 6.98. The van der Waals surface area contributed by atoms with Crippen LogP contribution in [0, 0.1) is 12.3 Å². The molecular weight excluding hydrogens is 288 g/mol. The molecule has 0 rings (SSSR count). The maximum absolute atomic E-state index is 11.7. The van der Waals surface area contributed by atoms with Gasteiger partial charge in [0.15, 0.2) is 0 Å². The van der Waals surface area contributed by atoms with Gasteiger partial charge in [0, 0.05) is 17.9 Å². The van der Waals surface area contributed by atoms with Gasteiger partial charge in [-0.3, -0.25) is 0 Å². The van der Waals surface area contributed by atoms with Crippen molar-refractivity contribution in [2.45, 2.75) is 38.8 Å². The van der Waals surface area contributed by atoms with Crippen LogP contribution >= 0.6 is 0 Å². The lowest BCUT2D eigenvalue weighted by Crippen LogP contribution is -2.41. The SMILES string of the molecule is C#CC[C@@H](COCCOCCN=[N+]=[N-])NC(=O)OC(C)(C)C. The zero-order valence-electron chi connectivity index (χ0n) is 13.4. The fourth-order valence-corrected chi connectivity index (χ4v) is 1.36. The summed E-state index contributed by atoms with van der Waals surface area (Å²) in [6.45, 7) is 6.98. The summed E-state index contributed by atoms with van der Waals surface area (Å²) in [5, 5.41) is 6.00. The van der Waals surface area contributed by atoms with Gasteiger partial charge < -0.3 is 19.5 Å². The fourth-order valence-electron chi connectivity index (χ4n) is 1.36. The maximum atomic E-state index is 11.7. The quantitative estimate of drug-likeness (QED) is 0.219. The summed E-state index contributed by atoms with van der Waals surface area (Å²) in [6.07, 6.45) is 5.09. The Balaban J connectivity index is 3.88. The van der Waals surface area contributed by atoms with Crippen molar-refractivity contribution in [2.24, 2.45) is 5.11 Å². The molecule has 0 aromatic carbocycles. The monoisotopic (exact) mass is 312 g/mol. The molecule has 0 aliphatic rings. The summed E-state index contributed by atoms with van der Waals surface area (Å²) >= 11 is 0. The Morgan fingerprint density at radius 1 is 1.36 bits per heavy atom. The third-order valence-electron chi connectivity index (χ3n) is 2.18. The van der Waals surface area contributed by atoms with Crippen LogP contribution in [0.15, 0.2) is 5.11 Å². The lowest BCUT2D eigenvalue weighted by Gasteiger charge is -2.22. The largest absolute Gasteiger partial charge is 0.444 e. The minimum absolute atomic E-state index is 0.267. The third kappa shape index (κ3) is 13.1. The van der Waals surface area contributed by atoms with Crippen molar-refractivity contribution in [3.8, 4) is 12.3 Å². The van der Waals surface area contributed by atoms with E-state index >= 15 is 0 Å². The van der Waals surface area contributed by atoms with Crippen LogP contribution in [-0.2, 0) is 14.2 Å². The van der Waals surface area contributed by atoms with E-state index in [-0.39, 0.29) is 19.2 Å². The van der Waals surface area contributed by atoms with Crippen LogP contribution in [0.25, 0.3) is 10.4 Å². The van der Waals surface area contributed by atoms with E-state index < -0.39 is 11.7 Å².